The summed E-state index contributed by atoms with van der Waals surface area (Å²) in [6.45, 7) is 3.74. The van der Waals surface area contributed by atoms with Crippen LogP contribution in [0.25, 0.3) is 0 Å². The van der Waals surface area contributed by atoms with Crippen LogP contribution in [-0.2, 0) is 46.3 Å². The molecule has 0 aromatic carbocycles. The first-order valence-corrected chi connectivity index (χ1v) is 30.0. The summed E-state index contributed by atoms with van der Waals surface area (Å²) in [6, 6.07) is 1.22. The van der Waals surface area contributed by atoms with Gasteiger partial charge in [-0.2, -0.15) is 9.29 Å². The molecule has 0 amide bonds. The van der Waals surface area contributed by atoms with Gasteiger partial charge in [0.15, 0.2) is 6.10 Å². The lowest BCUT2D eigenvalue weighted by Crippen LogP contribution is -2.52. The van der Waals surface area contributed by atoms with Crippen molar-refractivity contribution in [1.29, 1.82) is 0 Å². The summed E-state index contributed by atoms with van der Waals surface area (Å²) in [6.07, 6.45) is 13.2. The van der Waals surface area contributed by atoms with Gasteiger partial charge in [-0.3, -0.25) is 23.2 Å². The molecule has 3 rings (SSSR count). The van der Waals surface area contributed by atoms with E-state index in [2.05, 4.69) is 23.1 Å². The number of aromatic nitrogens is 2. The van der Waals surface area contributed by atoms with E-state index in [1.54, 1.807) is 0 Å². The monoisotopic (exact) mass is 1090 g/mol. The SMILES string of the molecule is CCCCC[C@@H](O)C=C[C@@H]1[C@H](O)[C@H](O)[C@H]2COP(=O)(O)OP(=O)(O)OC[C@H](OC(=O)CCCCCCCCCCCCCCCCCC(C)C)COC(=O)C/C=C\C[C@@H]([C@H](n3ccc(N)nc3=O)O2)[C@@H](O)C[C@H]1O. The van der Waals surface area contributed by atoms with Crippen molar-refractivity contribution in [3.63, 3.8) is 0 Å². The highest BCUT2D eigenvalue weighted by molar-refractivity contribution is 7.61. The van der Waals surface area contributed by atoms with Gasteiger partial charge >= 0.3 is 33.3 Å². The maximum absolute atomic E-state index is 13.3. The number of aliphatic hydroxyl groups excluding tert-OH is 5. The van der Waals surface area contributed by atoms with Crippen LogP contribution < -0.4 is 11.4 Å². The lowest BCUT2D eigenvalue weighted by Gasteiger charge is -2.40. The summed E-state index contributed by atoms with van der Waals surface area (Å²) in [7, 11) is -11.3. The molecule has 1 saturated heterocycles. The van der Waals surface area contributed by atoms with Crippen LogP contribution >= 0.6 is 15.6 Å². The number of nitrogen functional groups attached to an aromatic ring is 1. The third-order valence-corrected chi connectivity index (χ3v) is 15.9. The lowest BCUT2D eigenvalue weighted by molar-refractivity contribution is -0.194. The second kappa shape index (κ2) is 35.5. The van der Waals surface area contributed by atoms with E-state index in [4.69, 9.17) is 29.0 Å². The van der Waals surface area contributed by atoms with Crippen molar-refractivity contribution in [3.05, 3.63) is 47.1 Å². The van der Waals surface area contributed by atoms with Crippen LogP contribution in [0.3, 0.4) is 0 Å². The second-order valence-corrected chi connectivity index (χ2v) is 23.2. The molecule has 0 spiro atoms. The number of carbonyl (C=O) groups is 2. The molecule has 0 saturated carbocycles. The Morgan fingerprint density at radius 2 is 1.39 bits per heavy atom. The normalized spacial score (nSPS) is 30.0. The van der Waals surface area contributed by atoms with Crippen molar-refractivity contribution in [2.45, 2.75) is 224 Å². The van der Waals surface area contributed by atoms with E-state index in [0.29, 0.717) is 19.3 Å². The number of ether oxygens (including phenoxy) is 3. The molecule has 2 aliphatic heterocycles. The van der Waals surface area contributed by atoms with E-state index in [9.17, 15) is 58.8 Å². The Morgan fingerprint density at radius 1 is 0.811 bits per heavy atom. The first-order chi connectivity index (χ1) is 35.2. The number of unbranched alkanes of at least 4 members (excludes halogenated alkanes) is 16. The van der Waals surface area contributed by atoms with Gasteiger partial charge in [-0.1, -0.05) is 161 Å². The number of cyclic esters (lactones) is 1. The molecule has 2 unspecified atom stereocenters. The van der Waals surface area contributed by atoms with E-state index < -0.39 is 120 Å². The van der Waals surface area contributed by atoms with Crippen LogP contribution in [0, 0.1) is 17.8 Å². The minimum absolute atomic E-state index is 0.0106. The van der Waals surface area contributed by atoms with Crippen LogP contribution in [0.5, 0.6) is 0 Å². The van der Waals surface area contributed by atoms with Gasteiger partial charge in [-0.25, -0.2) is 13.9 Å². The van der Waals surface area contributed by atoms with Crippen LogP contribution in [-0.4, -0.2) is 119 Å². The third kappa shape index (κ3) is 26.4. The first kappa shape index (κ1) is 65.4. The number of aliphatic hydroxyl groups is 5. The van der Waals surface area contributed by atoms with Gasteiger partial charge in [0.2, 0.25) is 0 Å². The Bertz CT molecular complexity index is 1970. The maximum atomic E-state index is 13.3. The van der Waals surface area contributed by atoms with Crippen molar-refractivity contribution in [3.8, 4) is 0 Å². The highest BCUT2D eigenvalue weighted by Gasteiger charge is 2.45. The summed E-state index contributed by atoms with van der Waals surface area (Å²) >= 11 is 0. The quantitative estimate of drug-likeness (QED) is 0.0191. The van der Waals surface area contributed by atoms with E-state index in [1.807, 2.05) is 6.92 Å². The number of rotatable bonds is 26. The van der Waals surface area contributed by atoms with Crippen molar-refractivity contribution in [1.82, 2.24) is 9.55 Å². The molecule has 2 aliphatic rings. The fourth-order valence-electron chi connectivity index (χ4n) is 8.99. The van der Waals surface area contributed by atoms with Crippen LogP contribution in [0.15, 0.2) is 41.4 Å². The molecule has 3 heterocycles. The van der Waals surface area contributed by atoms with Gasteiger partial charge < -0.3 is 55.3 Å². The molecule has 2 bridgehead atoms. The summed E-state index contributed by atoms with van der Waals surface area (Å²) in [5.41, 5.74) is 4.74. The minimum atomic E-state index is -5.70. The number of esters is 2. The van der Waals surface area contributed by atoms with Gasteiger partial charge in [0, 0.05) is 30.9 Å². The van der Waals surface area contributed by atoms with Crippen molar-refractivity contribution in [2.24, 2.45) is 17.8 Å². The van der Waals surface area contributed by atoms with Crippen LogP contribution in [0.4, 0.5) is 5.82 Å². The Kier molecular flexibility index (Phi) is 31.4. The van der Waals surface area contributed by atoms with Gasteiger partial charge in [-0.15, -0.1) is 0 Å². The van der Waals surface area contributed by atoms with E-state index in [1.165, 1.54) is 94.6 Å². The Labute approximate surface area is 437 Å². The average molecular weight is 1090 g/mol. The molecule has 0 aliphatic carbocycles. The summed E-state index contributed by atoms with van der Waals surface area (Å²) in [5, 5.41) is 57.3. The number of hydrogen-bond acceptors (Lipinski definition) is 18. The maximum Gasteiger partial charge on any atom is 0.481 e. The summed E-state index contributed by atoms with van der Waals surface area (Å²) < 4.78 is 58.8. The van der Waals surface area contributed by atoms with Gasteiger partial charge in [-0.05, 0) is 31.2 Å². The molecule has 1 fully saturated rings. The smallest absolute Gasteiger partial charge is 0.461 e. The van der Waals surface area contributed by atoms with Crippen LogP contribution in [0.2, 0.25) is 0 Å². The fourth-order valence-corrected chi connectivity index (χ4v) is 11.1. The molecular weight excluding hydrogens is 1000 g/mol. The molecule has 12 atom stereocenters. The molecule has 426 valence electrons. The third-order valence-electron chi connectivity index (χ3n) is 13.3. The van der Waals surface area contributed by atoms with Gasteiger partial charge in [0.25, 0.3) is 0 Å². The van der Waals surface area contributed by atoms with Crippen molar-refractivity contribution >= 4 is 33.4 Å². The Morgan fingerprint density at radius 3 is 1.99 bits per heavy atom. The van der Waals surface area contributed by atoms with Crippen molar-refractivity contribution in [2.75, 3.05) is 25.6 Å². The zero-order valence-electron chi connectivity index (χ0n) is 43.9. The number of nitrogens with zero attached hydrogens (tertiary/aromatic N) is 2. The van der Waals surface area contributed by atoms with E-state index in [-0.39, 0.29) is 25.1 Å². The number of fused-ring (bicyclic) bond motifs is 3. The zero-order chi connectivity index (χ0) is 54.5. The van der Waals surface area contributed by atoms with Crippen molar-refractivity contribution < 1.29 is 81.6 Å². The molecular formula is C51H89N3O18P2. The van der Waals surface area contributed by atoms with Gasteiger partial charge in [0.05, 0.1) is 44.1 Å². The lowest BCUT2D eigenvalue weighted by atomic mass is 9.82. The molecule has 1 aromatic rings. The standard InChI is InChI=1S/C51H89N3O18P2/c1-4-5-19-25-38(55)29-30-40-42(56)33-43(57)41-26-22-23-27-46(58)67-34-39(70-47(59)28-21-18-16-14-12-10-8-6-7-9-11-13-15-17-20-24-37(2)3)35-68-73(63,64)72-74(65,66)69-36-44(49(61)48(40)60)71-50(41)54-32-31-45(52)53-51(54)62/h22-23,29-32,37-44,48-50,55-57,60-61H,4-21,24-28,33-36H2,1-3H3,(H,63,64)(H,65,66)(H2,52,53,62)/b23-22-,30-29?/t38-,39-,40+,41-,42-,43+,44-,48+,49-,50-/m1/s1. The number of hydrogen-bond donors (Lipinski definition) is 8. The Hall–Kier alpha value is -2.88. The molecule has 1 aromatic heterocycles. The minimum Gasteiger partial charge on any atom is -0.461 e. The highest BCUT2D eigenvalue weighted by Crippen LogP contribution is 2.60. The number of carbonyl (C=O) groups excluding carboxylic acids is 2. The zero-order valence-corrected chi connectivity index (χ0v) is 45.7. The largest absolute Gasteiger partial charge is 0.481 e. The number of allylic oxidation sites excluding steroid dienone is 1. The molecule has 23 heteroatoms. The molecule has 0 radical (unpaired) electrons. The van der Waals surface area contributed by atoms with Crippen LogP contribution in [0.1, 0.15) is 181 Å². The molecule has 74 heavy (non-hydrogen) atoms. The topological polar surface area (TPSA) is 326 Å². The Balaban J connectivity index is 1.72. The summed E-state index contributed by atoms with van der Waals surface area (Å²) in [5.74, 6) is -3.64. The number of nitrogens with two attached hydrogens (primary N) is 1. The predicted molar refractivity (Wildman–Crippen MR) is 277 cm³/mol. The van der Waals surface area contributed by atoms with E-state index >= 15 is 0 Å². The second-order valence-electron chi connectivity index (χ2n) is 20.2. The predicted octanol–water partition coefficient (Wildman–Crippen LogP) is 7.63. The first-order valence-electron chi connectivity index (χ1n) is 27.0. The number of phosphoric ester groups is 2. The molecule has 21 nitrogen and oxygen atoms in total. The number of phosphoric acid groups is 2. The fraction of sp³-hybridized carbons (Fsp3) is 0.804. The van der Waals surface area contributed by atoms with E-state index in [0.717, 1.165) is 61.6 Å². The van der Waals surface area contributed by atoms with Gasteiger partial charge in [0.1, 0.15) is 30.9 Å². The average Bonchev–Trinajstić information content (AvgIpc) is 3.32. The number of anilines is 1. The summed E-state index contributed by atoms with van der Waals surface area (Å²) in [4.78, 5) is 64.3. The highest BCUT2D eigenvalue weighted by atomic mass is 31.3. The molecule has 9 N–H and O–H groups in total.